The van der Waals surface area contributed by atoms with Crippen molar-refractivity contribution in [3.05, 3.63) is 60.8 Å². The summed E-state index contributed by atoms with van der Waals surface area (Å²) in [6.07, 6.45) is 64.4. The molecule has 0 radical (unpaired) electrons. The van der Waals surface area contributed by atoms with E-state index in [9.17, 15) is 9.90 Å². The van der Waals surface area contributed by atoms with Gasteiger partial charge in [0.15, 0.2) is 0 Å². The normalized spacial score (nSPS) is 12.9. The fourth-order valence-electron chi connectivity index (χ4n) is 6.72. The second-order valence-electron chi connectivity index (χ2n) is 15.8. The van der Waals surface area contributed by atoms with Gasteiger partial charge in [0.2, 0.25) is 0 Å². The van der Waals surface area contributed by atoms with E-state index >= 15 is 0 Å². The van der Waals surface area contributed by atoms with Crippen molar-refractivity contribution in [2.45, 2.75) is 238 Å². The van der Waals surface area contributed by atoms with Crippen LogP contribution in [0.15, 0.2) is 60.8 Å². The standard InChI is InChI=1S/C51H92O4/c1-3-5-7-9-11-13-15-17-19-21-23-24-25-26-27-29-31-33-35-37-39-41-43-45-47-54-49-50(48-52)55-51(53)46-44-42-40-38-36-34-32-30-28-22-20-18-16-14-12-10-8-6-4-2/h12,14-15,17-18,20-21,23,28,30,50,52H,3-11,13,16,19,22,24-27,29,31-49H2,1-2H3/b14-12-,17-15-,20-18-,23-21-,30-28-. The van der Waals surface area contributed by atoms with Crippen molar-refractivity contribution in [2.75, 3.05) is 19.8 Å². The Balaban J connectivity index is 3.44. The Morgan fingerprint density at radius 2 is 0.764 bits per heavy atom. The van der Waals surface area contributed by atoms with Crippen molar-refractivity contribution >= 4 is 5.97 Å². The predicted molar refractivity (Wildman–Crippen MR) is 242 cm³/mol. The maximum atomic E-state index is 12.2. The molecule has 0 spiro atoms. The molecule has 0 saturated heterocycles. The first-order valence-electron chi connectivity index (χ1n) is 23.9. The lowest BCUT2D eigenvalue weighted by atomic mass is 10.0. The molecular weight excluding hydrogens is 677 g/mol. The highest BCUT2D eigenvalue weighted by atomic mass is 16.6. The van der Waals surface area contributed by atoms with Crippen LogP contribution in [0.2, 0.25) is 0 Å². The van der Waals surface area contributed by atoms with Crippen LogP contribution in [0, 0.1) is 0 Å². The van der Waals surface area contributed by atoms with E-state index < -0.39 is 6.10 Å². The van der Waals surface area contributed by atoms with Gasteiger partial charge in [-0.25, -0.2) is 0 Å². The van der Waals surface area contributed by atoms with Gasteiger partial charge in [-0.1, -0.05) is 203 Å². The first-order valence-corrected chi connectivity index (χ1v) is 23.9. The highest BCUT2D eigenvalue weighted by Gasteiger charge is 2.13. The number of hydrogen-bond donors (Lipinski definition) is 1. The van der Waals surface area contributed by atoms with Crippen LogP contribution in [0.3, 0.4) is 0 Å². The minimum Gasteiger partial charge on any atom is -0.457 e. The van der Waals surface area contributed by atoms with Crippen LogP contribution >= 0.6 is 0 Å². The van der Waals surface area contributed by atoms with Gasteiger partial charge in [-0.15, -0.1) is 0 Å². The molecule has 55 heavy (non-hydrogen) atoms. The van der Waals surface area contributed by atoms with E-state index in [0.717, 1.165) is 51.4 Å². The lowest BCUT2D eigenvalue weighted by Gasteiger charge is -2.16. The minimum absolute atomic E-state index is 0.179. The number of rotatable bonds is 44. The molecular formula is C51H92O4. The molecule has 320 valence electrons. The summed E-state index contributed by atoms with van der Waals surface area (Å²) >= 11 is 0. The second kappa shape index (κ2) is 48.2. The smallest absolute Gasteiger partial charge is 0.306 e. The molecule has 0 aliphatic heterocycles. The van der Waals surface area contributed by atoms with Crippen molar-refractivity contribution < 1.29 is 19.4 Å². The topological polar surface area (TPSA) is 55.8 Å². The van der Waals surface area contributed by atoms with Crippen LogP contribution in [0.4, 0.5) is 0 Å². The third kappa shape index (κ3) is 46.4. The number of carbonyl (C=O) groups excluding carboxylic acids is 1. The first-order chi connectivity index (χ1) is 27.2. The summed E-state index contributed by atoms with van der Waals surface area (Å²) in [6, 6.07) is 0. The highest BCUT2D eigenvalue weighted by molar-refractivity contribution is 5.69. The number of unbranched alkanes of at least 4 members (excludes halogenated alkanes) is 26. The predicted octanol–water partition coefficient (Wildman–Crippen LogP) is 16.0. The Kier molecular flexibility index (Phi) is 46.6. The van der Waals surface area contributed by atoms with Crippen molar-refractivity contribution in [3.8, 4) is 0 Å². The van der Waals surface area contributed by atoms with Gasteiger partial charge in [0, 0.05) is 13.0 Å². The van der Waals surface area contributed by atoms with Crippen molar-refractivity contribution in [1.29, 1.82) is 0 Å². The average molecular weight is 769 g/mol. The van der Waals surface area contributed by atoms with Gasteiger partial charge in [0.1, 0.15) is 6.10 Å². The van der Waals surface area contributed by atoms with Crippen LogP contribution in [0.5, 0.6) is 0 Å². The Labute approximate surface area is 343 Å². The monoisotopic (exact) mass is 769 g/mol. The molecule has 1 N–H and O–H groups in total. The molecule has 0 saturated carbocycles. The first kappa shape index (κ1) is 53.1. The molecule has 0 aliphatic rings. The van der Waals surface area contributed by atoms with Crippen LogP contribution in [-0.4, -0.2) is 37.0 Å². The summed E-state index contributed by atoms with van der Waals surface area (Å²) in [6.45, 7) is 5.31. The quantitative estimate of drug-likeness (QED) is 0.0381. The molecule has 4 heteroatoms. The average Bonchev–Trinajstić information content (AvgIpc) is 3.19. The number of carbonyl (C=O) groups is 1. The largest absolute Gasteiger partial charge is 0.457 e. The van der Waals surface area contributed by atoms with E-state index in [2.05, 4.69) is 74.6 Å². The SMILES string of the molecule is CCCCC/C=C\C/C=C\C/C=C\CCCCCCCCC(=O)OC(CO)COCCCCCCCCCCCCCC/C=C\C/C=C\CCCCCCC. The molecule has 0 aromatic carbocycles. The van der Waals surface area contributed by atoms with Crippen molar-refractivity contribution in [3.63, 3.8) is 0 Å². The zero-order valence-electron chi connectivity index (χ0n) is 36.7. The number of aliphatic hydroxyl groups is 1. The molecule has 0 rings (SSSR count). The summed E-state index contributed by atoms with van der Waals surface area (Å²) in [5.74, 6) is -0.213. The maximum Gasteiger partial charge on any atom is 0.306 e. The van der Waals surface area contributed by atoms with Gasteiger partial charge < -0.3 is 14.6 Å². The van der Waals surface area contributed by atoms with Crippen LogP contribution < -0.4 is 0 Å². The fraction of sp³-hybridized carbons (Fsp3) is 0.784. The van der Waals surface area contributed by atoms with Crippen molar-refractivity contribution in [1.82, 2.24) is 0 Å². The molecule has 0 aromatic rings. The second-order valence-corrected chi connectivity index (χ2v) is 15.8. The summed E-state index contributed by atoms with van der Waals surface area (Å²) < 4.78 is 11.2. The maximum absolute atomic E-state index is 12.2. The van der Waals surface area contributed by atoms with Crippen molar-refractivity contribution in [2.24, 2.45) is 0 Å². The number of esters is 1. The molecule has 1 atom stereocenters. The van der Waals surface area contributed by atoms with E-state index in [1.807, 2.05) is 0 Å². The van der Waals surface area contributed by atoms with Gasteiger partial charge in [-0.3, -0.25) is 4.79 Å². The van der Waals surface area contributed by atoms with E-state index in [-0.39, 0.29) is 19.2 Å². The van der Waals surface area contributed by atoms with Crippen LogP contribution in [-0.2, 0) is 14.3 Å². The van der Waals surface area contributed by atoms with E-state index in [0.29, 0.717) is 13.0 Å². The Morgan fingerprint density at radius 3 is 1.18 bits per heavy atom. The molecule has 0 amide bonds. The summed E-state index contributed by atoms with van der Waals surface area (Å²) in [4.78, 5) is 12.2. The van der Waals surface area contributed by atoms with Gasteiger partial charge in [-0.05, 0) is 83.5 Å². The third-order valence-corrected chi connectivity index (χ3v) is 10.3. The van der Waals surface area contributed by atoms with Gasteiger partial charge in [0.05, 0.1) is 13.2 Å². The fourth-order valence-corrected chi connectivity index (χ4v) is 6.72. The number of hydrogen-bond acceptors (Lipinski definition) is 4. The van der Waals surface area contributed by atoms with Gasteiger partial charge in [0.25, 0.3) is 0 Å². The molecule has 0 aromatic heterocycles. The molecule has 0 heterocycles. The Morgan fingerprint density at radius 1 is 0.436 bits per heavy atom. The summed E-state index contributed by atoms with van der Waals surface area (Å²) in [5, 5.41) is 9.63. The Bertz CT molecular complexity index is 900. The molecule has 0 bridgehead atoms. The summed E-state index contributed by atoms with van der Waals surface area (Å²) in [5.41, 5.74) is 0. The summed E-state index contributed by atoms with van der Waals surface area (Å²) in [7, 11) is 0. The molecule has 0 fully saturated rings. The zero-order chi connectivity index (χ0) is 39.8. The van der Waals surface area contributed by atoms with E-state index in [1.165, 1.54) is 161 Å². The molecule has 4 nitrogen and oxygen atoms in total. The van der Waals surface area contributed by atoms with Gasteiger partial charge in [-0.2, -0.15) is 0 Å². The Hall–Kier alpha value is -1.91. The lowest BCUT2D eigenvalue weighted by Crippen LogP contribution is -2.27. The minimum atomic E-state index is -0.544. The lowest BCUT2D eigenvalue weighted by molar-refractivity contribution is -0.154. The van der Waals surface area contributed by atoms with E-state index in [4.69, 9.17) is 9.47 Å². The number of ether oxygens (including phenoxy) is 2. The number of aliphatic hydroxyl groups excluding tert-OH is 1. The molecule has 0 aliphatic carbocycles. The highest BCUT2D eigenvalue weighted by Crippen LogP contribution is 2.14. The van der Waals surface area contributed by atoms with Crippen LogP contribution in [0.1, 0.15) is 232 Å². The van der Waals surface area contributed by atoms with E-state index in [1.54, 1.807) is 0 Å². The zero-order valence-corrected chi connectivity index (χ0v) is 36.7. The molecule has 1 unspecified atom stereocenters. The number of allylic oxidation sites excluding steroid dienone is 10. The third-order valence-electron chi connectivity index (χ3n) is 10.3. The van der Waals surface area contributed by atoms with Crippen LogP contribution in [0.25, 0.3) is 0 Å². The van der Waals surface area contributed by atoms with Gasteiger partial charge >= 0.3 is 5.97 Å².